The molecule has 0 aliphatic heterocycles. The minimum atomic E-state index is -0.349. The van der Waals surface area contributed by atoms with Gasteiger partial charge in [-0.2, -0.15) is 0 Å². The quantitative estimate of drug-likeness (QED) is 0.687. The fourth-order valence-corrected chi connectivity index (χ4v) is 2.08. The summed E-state index contributed by atoms with van der Waals surface area (Å²) in [5.41, 5.74) is 7.08. The van der Waals surface area contributed by atoms with Crippen molar-refractivity contribution in [2.24, 2.45) is 5.73 Å². The van der Waals surface area contributed by atoms with Crippen LogP contribution in [0.4, 0.5) is 0 Å². The molecule has 2 rings (SSSR count). The Kier molecular flexibility index (Phi) is 4.30. The zero-order valence-electron chi connectivity index (χ0n) is 10.8. The van der Waals surface area contributed by atoms with Crippen molar-refractivity contribution in [2.45, 2.75) is 45.1 Å². The molecule has 1 aromatic rings. The molecule has 6 heteroatoms. The van der Waals surface area contributed by atoms with Crippen molar-refractivity contribution in [2.75, 3.05) is 13.2 Å². The van der Waals surface area contributed by atoms with Gasteiger partial charge in [0, 0.05) is 25.7 Å². The Bertz CT molecular complexity index is 412. The SMILES string of the molecule is CCOCCCn1nnc(CC(N)=O)c1C1CC1. The molecule has 0 atom stereocenters. The molecule has 0 saturated heterocycles. The van der Waals surface area contributed by atoms with E-state index in [0.717, 1.165) is 50.4 Å². The van der Waals surface area contributed by atoms with Gasteiger partial charge >= 0.3 is 0 Å². The lowest BCUT2D eigenvalue weighted by Gasteiger charge is -2.06. The van der Waals surface area contributed by atoms with Crippen molar-refractivity contribution in [1.82, 2.24) is 15.0 Å². The van der Waals surface area contributed by atoms with Gasteiger partial charge in [-0.05, 0) is 26.2 Å². The summed E-state index contributed by atoms with van der Waals surface area (Å²) in [7, 11) is 0. The van der Waals surface area contributed by atoms with Crippen LogP contribution in [-0.2, 0) is 22.5 Å². The second-order valence-electron chi connectivity index (χ2n) is 4.61. The Labute approximate surface area is 106 Å². The number of rotatable bonds is 8. The maximum absolute atomic E-state index is 11.0. The summed E-state index contributed by atoms with van der Waals surface area (Å²) in [4.78, 5) is 11.0. The van der Waals surface area contributed by atoms with Crippen LogP contribution in [0.3, 0.4) is 0 Å². The first kappa shape index (κ1) is 13.0. The van der Waals surface area contributed by atoms with E-state index in [1.54, 1.807) is 0 Å². The maximum Gasteiger partial charge on any atom is 0.223 e. The van der Waals surface area contributed by atoms with Gasteiger partial charge < -0.3 is 10.5 Å². The van der Waals surface area contributed by atoms with Crippen LogP contribution in [-0.4, -0.2) is 34.1 Å². The molecule has 1 saturated carbocycles. The van der Waals surface area contributed by atoms with Crippen molar-refractivity contribution in [1.29, 1.82) is 0 Å². The van der Waals surface area contributed by atoms with Crippen LogP contribution in [0.15, 0.2) is 0 Å². The fraction of sp³-hybridized carbons (Fsp3) is 0.750. The number of carbonyl (C=O) groups is 1. The molecule has 0 aromatic carbocycles. The Morgan fingerprint density at radius 1 is 1.56 bits per heavy atom. The molecular weight excluding hydrogens is 232 g/mol. The minimum Gasteiger partial charge on any atom is -0.382 e. The van der Waals surface area contributed by atoms with Crippen molar-refractivity contribution in [3.8, 4) is 0 Å². The van der Waals surface area contributed by atoms with Gasteiger partial charge in [-0.1, -0.05) is 5.21 Å². The van der Waals surface area contributed by atoms with Gasteiger partial charge in [-0.3, -0.25) is 4.79 Å². The highest BCUT2D eigenvalue weighted by molar-refractivity contribution is 5.76. The number of carbonyl (C=O) groups excluding carboxylic acids is 1. The van der Waals surface area contributed by atoms with Gasteiger partial charge in [-0.25, -0.2) is 4.68 Å². The van der Waals surface area contributed by atoms with E-state index < -0.39 is 0 Å². The zero-order chi connectivity index (χ0) is 13.0. The van der Waals surface area contributed by atoms with E-state index in [4.69, 9.17) is 10.5 Å². The van der Waals surface area contributed by atoms with Gasteiger partial charge in [-0.15, -0.1) is 5.10 Å². The van der Waals surface area contributed by atoms with E-state index in [-0.39, 0.29) is 12.3 Å². The summed E-state index contributed by atoms with van der Waals surface area (Å²) < 4.78 is 7.22. The summed E-state index contributed by atoms with van der Waals surface area (Å²) >= 11 is 0. The fourth-order valence-electron chi connectivity index (χ4n) is 2.08. The second-order valence-corrected chi connectivity index (χ2v) is 4.61. The van der Waals surface area contributed by atoms with Crippen LogP contribution in [0, 0.1) is 0 Å². The molecule has 2 N–H and O–H groups in total. The summed E-state index contributed by atoms with van der Waals surface area (Å²) in [6, 6.07) is 0. The number of hydrogen-bond acceptors (Lipinski definition) is 4. The van der Waals surface area contributed by atoms with Crippen molar-refractivity contribution >= 4 is 5.91 Å². The van der Waals surface area contributed by atoms with E-state index in [2.05, 4.69) is 10.3 Å². The number of hydrogen-bond donors (Lipinski definition) is 1. The van der Waals surface area contributed by atoms with Crippen LogP contribution in [0.2, 0.25) is 0 Å². The molecule has 0 unspecified atom stereocenters. The van der Waals surface area contributed by atoms with E-state index in [1.807, 2.05) is 11.6 Å². The summed E-state index contributed by atoms with van der Waals surface area (Å²) in [5.74, 6) is 0.166. The first-order valence-corrected chi connectivity index (χ1v) is 6.50. The predicted octanol–water partition coefficient (Wildman–Crippen LogP) is 0.610. The number of amides is 1. The first-order valence-electron chi connectivity index (χ1n) is 6.50. The molecule has 1 amide bonds. The van der Waals surface area contributed by atoms with Crippen molar-refractivity contribution in [3.63, 3.8) is 0 Å². The number of aryl methyl sites for hydroxylation is 1. The number of primary amides is 1. The molecule has 6 nitrogen and oxygen atoms in total. The van der Waals surface area contributed by atoms with Gasteiger partial charge in [0.2, 0.25) is 5.91 Å². The van der Waals surface area contributed by atoms with Gasteiger partial charge in [0.15, 0.2) is 0 Å². The number of aromatic nitrogens is 3. The predicted molar refractivity (Wildman–Crippen MR) is 66.0 cm³/mol. The van der Waals surface area contributed by atoms with Crippen LogP contribution in [0.5, 0.6) is 0 Å². The Balaban J connectivity index is 2.00. The lowest BCUT2D eigenvalue weighted by atomic mass is 10.1. The third-order valence-corrected chi connectivity index (χ3v) is 3.02. The lowest BCUT2D eigenvalue weighted by molar-refractivity contribution is -0.117. The largest absolute Gasteiger partial charge is 0.382 e. The molecule has 18 heavy (non-hydrogen) atoms. The molecule has 1 aliphatic rings. The van der Waals surface area contributed by atoms with Gasteiger partial charge in [0.05, 0.1) is 17.8 Å². The van der Waals surface area contributed by atoms with E-state index in [1.165, 1.54) is 0 Å². The lowest BCUT2D eigenvalue weighted by Crippen LogP contribution is -2.15. The Morgan fingerprint density at radius 2 is 2.33 bits per heavy atom. The summed E-state index contributed by atoms with van der Waals surface area (Å²) in [6.07, 6.45) is 3.42. The van der Waals surface area contributed by atoms with E-state index >= 15 is 0 Å². The average molecular weight is 252 g/mol. The van der Waals surface area contributed by atoms with Crippen LogP contribution in [0.1, 0.15) is 43.5 Å². The molecule has 0 bridgehead atoms. The topological polar surface area (TPSA) is 83.0 Å². The highest BCUT2D eigenvalue weighted by atomic mass is 16.5. The van der Waals surface area contributed by atoms with E-state index in [9.17, 15) is 4.79 Å². The Morgan fingerprint density at radius 3 is 2.94 bits per heavy atom. The van der Waals surface area contributed by atoms with Crippen LogP contribution >= 0.6 is 0 Å². The second kappa shape index (κ2) is 5.95. The van der Waals surface area contributed by atoms with Crippen LogP contribution < -0.4 is 5.73 Å². The number of nitrogens with zero attached hydrogens (tertiary/aromatic N) is 3. The third-order valence-electron chi connectivity index (χ3n) is 3.02. The Hall–Kier alpha value is -1.43. The minimum absolute atomic E-state index is 0.192. The highest BCUT2D eigenvalue weighted by Gasteiger charge is 2.31. The maximum atomic E-state index is 11.0. The highest BCUT2D eigenvalue weighted by Crippen LogP contribution is 2.41. The van der Waals surface area contributed by atoms with Gasteiger partial charge in [0.1, 0.15) is 0 Å². The monoisotopic (exact) mass is 252 g/mol. The van der Waals surface area contributed by atoms with Gasteiger partial charge in [0.25, 0.3) is 0 Å². The molecule has 100 valence electrons. The first-order chi connectivity index (χ1) is 8.72. The molecule has 0 spiro atoms. The molecule has 1 aliphatic carbocycles. The number of nitrogens with two attached hydrogens (primary N) is 1. The van der Waals surface area contributed by atoms with Crippen molar-refractivity contribution in [3.05, 3.63) is 11.4 Å². The molecular formula is C12H20N4O2. The molecule has 1 heterocycles. The average Bonchev–Trinajstić information content (AvgIpc) is 3.08. The van der Waals surface area contributed by atoms with Crippen LogP contribution in [0.25, 0.3) is 0 Å². The summed E-state index contributed by atoms with van der Waals surface area (Å²) in [6.45, 7) is 4.24. The summed E-state index contributed by atoms with van der Waals surface area (Å²) in [5, 5.41) is 8.22. The molecule has 0 radical (unpaired) electrons. The number of ether oxygens (including phenoxy) is 1. The zero-order valence-corrected chi connectivity index (χ0v) is 10.8. The smallest absolute Gasteiger partial charge is 0.223 e. The molecule has 1 aromatic heterocycles. The normalized spacial score (nSPS) is 14.9. The third kappa shape index (κ3) is 3.29. The standard InChI is InChI=1S/C12H20N4O2/c1-2-18-7-3-6-16-12(9-4-5-9)10(14-15-16)8-11(13)17/h9H,2-8H2,1H3,(H2,13,17). The van der Waals surface area contributed by atoms with Crippen molar-refractivity contribution < 1.29 is 9.53 Å². The molecule has 1 fully saturated rings. The van der Waals surface area contributed by atoms with E-state index in [0.29, 0.717) is 5.92 Å².